The second-order valence-electron chi connectivity index (χ2n) is 4.79. The largest absolute Gasteiger partial charge is 0.340 e. The van der Waals surface area contributed by atoms with Gasteiger partial charge in [-0.25, -0.2) is 4.98 Å². The Morgan fingerprint density at radius 1 is 1.27 bits per heavy atom. The summed E-state index contributed by atoms with van der Waals surface area (Å²) < 4.78 is 2.07. The molecule has 0 bridgehead atoms. The van der Waals surface area contributed by atoms with Crippen molar-refractivity contribution in [3.05, 3.63) is 70.9 Å². The second-order valence-corrected chi connectivity index (χ2v) is 5.73. The molecule has 0 amide bonds. The topological polar surface area (TPSA) is 53.7 Å². The Balaban J connectivity index is 0.00000176. The van der Waals surface area contributed by atoms with Crippen molar-refractivity contribution in [2.45, 2.75) is 13.0 Å². The lowest BCUT2D eigenvalue weighted by molar-refractivity contribution is 0.638. The molecule has 1 atom stereocenters. The zero-order chi connectivity index (χ0) is 14.7. The number of imidazole rings is 1. The summed E-state index contributed by atoms with van der Waals surface area (Å²) in [5.74, 6) is 0.431. The van der Waals surface area contributed by atoms with Crippen molar-refractivity contribution in [2.24, 2.45) is 0 Å². The summed E-state index contributed by atoms with van der Waals surface area (Å²) in [5, 5.41) is 13.1. The summed E-state index contributed by atoms with van der Waals surface area (Å²) in [7, 11) is 0. The predicted molar refractivity (Wildman–Crippen MR) is 94.5 cm³/mol. The van der Waals surface area contributed by atoms with Crippen LogP contribution in [-0.4, -0.2) is 15.4 Å². The lowest BCUT2D eigenvalue weighted by atomic mass is 10.1. The van der Waals surface area contributed by atoms with Crippen LogP contribution < -0.4 is 5.32 Å². The minimum atomic E-state index is 0. The molecular formula is C16H17ClN4S. The van der Waals surface area contributed by atoms with Gasteiger partial charge in [0.1, 0.15) is 5.84 Å². The van der Waals surface area contributed by atoms with Crippen LogP contribution in [0.2, 0.25) is 0 Å². The van der Waals surface area contributed by atoms with E-state index in [4.69, 9.17) is 5.41 Å². The van der Waals surface area contributed by atoms with Crippen LogP contribution in [-0.2, 0) is 0 Å². The standard InChI is InChI=1S/C16H16N4S.ClH/c1-12(20-9-8-18-11-20)13-4-6-14(7-5-13)19-16(17)15-3-2-10-21-15;/h2-12H,1H3,(H2,17,19);1H. The number of aromatic nitrogens is 2. The molecule has 114 valence electrons. The number of nitrogens with one attached hydrogen (secondary N) is 2. The molecule has 22 heavy (non-hydrogen) atoms. The van der Waals surface area contributed by atoms with E-state index in [9.17, 15) is 0 Å². The highest BCUT2D eigenvalue weighted by molar-refractivity contribution is 7.12. The Bertz CT molecular complexity index is 705. The van der Waals surface area contributed by atoms with Crippen molar-refractivity contribution in [3.63, 3.8) is 0 Å². The van der Waals surface area contributed by atoms with Crippen molar-refractivity contribution < 1.29 is 0 Å². The second kappa shape index (κ2) is 7.24. The van der Waals surface area contributed by atoms with Crippen molar-refractivity contribution in [1.29, 1.82) is 5.41 Å². The molecule has 2 heterocycles. The van der Waals surface area contributed by atoms with Gasteiger partial charge in [-0.05, 0) is 36.1 Å². The van der Waals surface area contributed by atoms with Crippen LogP contribution in [0.25, 0.3) is 0 Å². The van der Waals surface area contributed by atoms with Gasteiger partial charge in [0.2, 0.25) is 0 Å². The lowest BCUT2D eigenvalue weighted by Crippen LogP contribution is -2.10. The average Bonchev–Trinajstić information content (AvgIpc) is 3.20. The molecule has 0 aliphatic carbocycles. The predicted octanol–water partition coefficient (Wildman–Crippen LogP) is 4.41. The third-order valence-corrected chi connectivity index (χ3v) is 4.29. The fraction of sp³-hybridized carbons (Fsp3) is 0.125. The summed E-state index contributed by atoms with van der Waals surface area (Å²) in [5.41, 5.74) is 2.14. The number of hydrogen-bond acceptors (Lipinski definition) is 3. The fourth-order valence-corrected chi connectivity index (χ4v) is 2.77. The maximum Gasteiger partial charge on any atom is 0.140 e. The van der Waals surface area contributed by atoms with Gasteiger partial charge < -0.3 is 9.88 Å². The Morgan fingerprint density at radius 2 is 2.05 bits per heavy atom. The van der Waals surface area contributed by atoms with Crippen LogP contribution in [0.5, 0.6) is 0 Å². The summed E-state index contributed by atoms with van der Waals surface area (Å²) in [4.78, 5) is 5.01. The van der Waals surface area contributed by atoms with Gasteiger partial charge >= 0.3 is 0 Å². The van der Waals surface area contributed by atoms with Crippen molar-refractivity contribution in [1.82, 2.24) is 9.55 Å². The normalized spacial score (nSPS) is 11.5. The number of benzene rings is 1. The highest BCUT2D eigenvalue weighted by atomic mass is 35.5. The van der Waals surface area contributed by atoms with Gasteiger partial charge in [0.15, 0.2) is 0 Å². The van der Waals surface area contributed by atoms with Crippen LogP contribution in [0.15, 0.2) is 60.5 Å². The fourth-order valence-electron chi connectivity index (χ4n) is 2.14. The van der Waals surface area contributed by atoms with Gasteiger partial charge in [-0.1, -0.05) is 18.2 Å². The number of halogens is 1. The molecule has 6 heteroatoms. The summed E-state index contributed by atoms with van der Waals surface area (Å²) in [6, 6.07) is 12.3. The molecular weight excluding hydrogens is 316 g/mol. The first kappa shape index (κ1) is 16.3. The van der Waals surface area contributed by atoms with Crippen LogP contribution in [0, 0.1) is 5.41 Å². The van der Waals surface area contributed by atoms with E-state index in [0.717, 1.165) is 10.6 Å². The monoisotopic (exact) mass is 332 g/mol. The molecule has 2 aromatic heterocycles. The zero-order valence-electron chi connectivity index (χ0n) is 12.1. The van der Waals surface area contributed by atoms with E-state index in [-0.39, 0.29) is 18.4 Å². The minimum absolute atomic E-state index is 0. The number of nitrogens with zero attached hydrogens (tertiary/aromatic N) is 2. The molecule has 0 radical (unpaired) electrons. The summed E-state index contributed by atoms with van der Waals surface area (Å²) in [6.07, 6.45) is 5.57. The van der Waals surface area contributed by atoms with Gasteiger partial charge in [0.25, 0.3) is 0 Å². The van der Waals surface area contributed by atoms with Crippen LogP contribution in [0.3, 0.4) is 0 Å². The highest BCUT2D eigenvalue weighted by Crippen LogP contribution is 2.20. The quantitative estimate of drug-likeness (QED) is 0.549. The number of thiophene rings is 1. The molecule has 3 rings (SSSR count). The summed E-state index contributed by atoms with van der Waals surface area (Å²) in [6.45, 7) is 2.14. The van der Waals surface area contributed by atoms with Crippen LogP contribution in [0.1, 0.15) is 23.4 Å². The third kappa shape index (κ3) is 3.55. The Morgan fingerprint density at radius 3 is 2.64 bits per heavy atom. The number of rotatable bonds is 4. The highest BCUT2D eigenvalue weighted by Gasteiger charge is 2.07. The molecule has 0 aliphatic heterocycles. The Hall–Kier alpha value is -2.11. The number of amidine groups is 1. The van der Waals surface area contributed by atoms with Crippen LogP contribution in [0.4, 0.5) is 5.69 Å². The van der Waals surface area contributed by atoms with Gasteiger partial charge in [0.05, 0.1) is 17.2 Å². The molecule has 0 aliphatic rings. The van der Waals surface area contributed by atoms with E-state index in [0.29, 0.717) is 5.84 Å². The molecule has 0 saturated heterocycles. The van der Waals surface area contributed by atoms with Gasteiger partial charge in [-0.3, -0.25) is 5.41 Å². The van der Waals surface area contributed by atoms with E-state index in [1.807, 2.05) is 42.2 Å². The third-order valence-electron chi connectivity index (χ3n) is 3.40. The SMILES string of the molecule is CC(c1ccc(NC(=N)c2cccs2)cc1)n1ccnc1.Cl. The number of anilines is 1. The lowest BCUT2D eigenvalue weighted by Gasteiger charge is -2.14. The van der Waals surface area contributed by atoms with E-state index in [1.54, 1.807) is 17.5 Å². The minimum Gasteiger partial charge on any atom is -0.340 e. The Labute approximate surface area is 139 Å². The van der Waals surface area contributed by atoms with Crippen molar-refractivity contribution in [3.8, 4) is 0 Å². The maximum atomic E-state index is 8.02. The van der Waals surface area contributed by atoms with Crippen molar-refractivity contribution in [2.75, 3.05) is 5.32 Å². The average molecular weight is 333 g/mol. The number of hydrogen-bond donors (Lipinski definition) is 2. The molecule has 0 fully saturated rings. The van der Waals surface area contributed by atoms with Gasteiger partial charge in [-0.15, -0.1) is 23.7 Å². The zero-order valence-corrected chi connectivity index (χ0v) is 13.7. The molecule has 0 spiro atoms. The maximum absolute atomic E-state index is 8.02. The summed E-state index contributed by atoms with van der Waals surface area (Å²) >= 11 is 1.56. The van der Waals surface area contributed by atoms with E-state index >= 15 is 0 Å². The van der Waals surface area contributed by atoms with E-state index < -0.39 is 0 Å². The van der Waals surface area contributed by atoms with E-state index in [1.165, 1.54) is 5.56 Å². The molecule has 4 nitrogen and oxygen atoms in total. The van der Waals surface area contributed by atoms with E-state index in [2.05, 4.69) is 33.9 Å². The van der Waals surface area contributed by atoms with Gasteiger partial charge in [0, 0.05) is 18.1 Å². The first-order valence-electron chi connectivity index (χ1n) is 6.71. The molecule has 3 aromatic rings. The smallest absolute Gasteiger partial charge is 0.140 e. The molecule has 1 unspecified atom stereocenters. The first-order chi connectivity index (χ1) is 10.2. The van der Waals surface area contributed by atoms with Crippen LogP contribution >= 0.6 is 23.7 Å². The van der Waals surface area contributed by atoms with Gasteiger partial charge in [-0.2, -0.15) is 0 Å². The Kier molecular flexibility index (Phi) is 5.35. The molecule has 2 N–H and O–H groups in total. The molecule has 0 saturated carbocycles. The molecule has 1 aromatic carbocycles. The first-order valence-corrected chi connectivity index (χ1v) is 7.59. The van der Waals surface area contributed by atoms with Crippen molar-refractivity contribution >= 4 is 35.3 Å².